The Balaban J connectivity index is 3.68. The molecule has 0 fully saturated rings. The zero-order valence-electron chi connectivity index (χ0n) is 4.30. The molecule has 0 heterocycles. The monoisotopic (exact) mass is 112 g/mol. The molecule has 0 saturated carbocycles. The van der Waals surface area contributed by atoms with Crippen molar-refractivity contribution in [1.29, 1.82) is 0 Å². The second kappa shape index (κ2) is 3.88. The molecule has 0 amide bonds. The van der Waals surface area contributed by atoms with Gasteiger partial charge in [-0.1, -0.05) is 0 Å². The largest absolute Gasteiger partial charge is 0.459 e. The van der Waals surface area contributed by atoms with Crippen molar-refractivity contribution in [3.8, 4) is 11.8 Å². The van der Waals surface area contributed by atoms with E-state index < -0.39 is 5.97 Å². The molecule has 42 valence electrons. The number of methoxy groups -OCH3 is 1. The Hall–Kier alpha value is -1.30. The lowest BCUT2D eigenvalue weighted by molar-refractivity contribution is -0.133. The number of esters is 1. The molecule has 3 nitrogen and oxygen atoms in total. The van der Waals surface area contributed by atoms with E-state index in [4.69, 9.17) is 0 Å². The average molecular weight is 112 g/mol. The number of hydrogen-bond donors (Lipinski definition) is 0. The normalized spacial score (nSPS) is 6.12. The predicted octanol–water partition coefficient (Wildman–Crippen LogP) is -0.638. The Labute approximate surface area is 46.6 Å². The minimum absolute atomic E-state index is 0.330. The van der Waals surface area contributed by atoms with Crippen LogP contribution in [0.1, 0.15) is 0 Å². The van der Waals surface area contributed by atoms with Crippen LogP contribution < -0.4 is 0 Å². The molecular weight excluding hydrogens is 108 g/mol. The highest BCUT2D eigenvalue weighted by molar-refractivity contribution is 5.93. The predicted molar refractivity (Wildman–Crippen MR) is 25.9 cm³/mol. The molecule has 0 unspecified atom stereocenters. The van der Waals surface area contributed by atoms with Crippen LogP contribution in [-0.4, -0.2) is 19.4 Å². The van der Waals surface area contributed by atoms with Crippen LogP contribution in [0.25, 0.3) is 0 Å². The molecule has 0 aromatic heterocycles. The van der Waals surface area contributed by atoms with E-state index in [1.54, 1.807) is 0 Å². The van der Waals surface area contributed by atoms with Gasteiger partial charge in [0.25, 0.3) is 0 Å². The summed E-state index contributed by atoms with van der Waals surface area (Å²) in [5.74, 6) is 3.10. The Morgan fingerprint density at radius 1 is 1.75 bits per heavy atom. The molecule has 0 aliphatic carbocycles. The van der Waals surface area contributed by atoms with Crippen molar-refractivity contribution >= 4 is 12.3 Å². The zero-order valence-corrected chi connectivity index (χ0v) is 4.30. The van der Waals surface area contributed by atoms with Crippen LogP contribution in [0, 0.1) is 11.8 Å². The van der Waals surface area contributed by atoms with E-state index in [1.807, 2.05) is 11.8 Å². The van der Waals surface area contributed by atoms with E-state index in [0.717, 1.165) is 0 Å². The highest BCUT2D eigenvalue weighted by atomic mass is 16.5. The number of carbonyl (C=O) groups excluding carboxylic acids is 2. The van der Waals surface area contributed by atoms with E-state index in [1.165, 1.54) is 7.11 Å². The third-order valence-electron chi connectivity index (χ3n) is 0.419. The van der Waals surface area contributed by atoms with Crippen LogP contribution in [0.5, 0.6) is 0 Å². The fraction of sp³-hybridized carbons (Fsp3) is 0.200. The first-order valence-electron chi connectivity index (χ1n) is 1.84. The number of ether oxygens (including phenoxy) is 1. The van der Waals surface area contributed by atoms with Crippen molar-refractivity contribution in [1.82, 2.24) is 0 Å². The highest BCUT2D eigenvalue weighted by Crippen LogP contribution is 1.64. The third-order valence-corrected chi connectivity index (χ3v) is 0.419. The fourth-order valence-electron chi connectivity index (χ4n) is 0.139. The summed E-state index contributed by atoms with van der Waals surface area (Å²) in [6.45, 7) is 0. The number of rotatable bonds is 0. The molecule has 0 radical (unpaired) electrons. The Morgan fingerprint density at radius 3 is 2.75 bits per heavy atom. The van der Waals surface area contributed by atoms with Crippen molar-refractivity contribution < 1.29 is 14.3 Å². The molecule has 0 atom stereocenters. The molecule has 3 heteroatoms. The van der Waals surface area contributed by atoms with Crippen LogP contribution in [0.4, 0.5) is 0 Å². The smallest absolute Gasteiger partial charge is 0.384 e. The van der Waals surface area contributed by atoms with Crippen LogP contribution in [0.15, 0.2) is 0 Å². The molecule has 0 aliphatic heterocycles. The fourth-order valence-corrected chi connectivity index (χ4v) is 0.139. The van der Waals surface area contributed by atoms with Gasteiger partial charge in [0.15, 0.2) is 6.29 Å². The second-order valence-corrected chi connectivity index (χ2v) is 0.879. The molecule has 0 saturated heterocycles. The molecule has 0 spiro atoms. The summed E-state index contributed by atoms with van der Waals surface area (Å²) >= 11 is 0. The van der Waals surface area contributed by atoms with Crippen LogP contribution in [-0.2, 0) is 14.3 Å². The van der Waals surface area contributed by atoms with Gasteiger partial charge in [0.2, 0.25) is 0 Å². The standard InChI is InChI=1S/C5H4O3/c1-8-5(7)3-2-4-6/h4H,1H3. The van der Waals surface area contributed by atoms with Crippen LogP contribution in [0.3, 0.4) is 0 Å². The van der Waals surface area contributed by atoms with Gasteiger partial charge in [-0.25, -0.2) is 4.79 Å². The number of carbonyl (C=O) groups is 2. The second-order valence-electron chi connectivity index (χ2n) is 0.879. The molecule has 0 bridgehead atoms. The van der Waals surface area contributed by atoms with Crippen molar-refractivity contribution in [3.05, 3.63) is 0 Å². The molecule has 0 aliphatic rings. The van der Waals surface area contributed by atoms with Gasteiger partial charge >= 0.3 is 5.97 Å². The molecule has 0 N–H and O–H groups in total. The maximum absolute atomic E-state index is 10.0. The Morgan fingerprint density at radius 2 is 2.38 bits per heavy atom. The summed E-state index contributed by atoms with van der Waals surface area (Å²) in [6, 6.07) is 0. The van der Waals surface area contributed by atoms with Gasteiger partial charge in [-0.05, 0) is 5.92 Å². The first-order chi connectivity index (χ1) is 3.81. The topological polar surface area (TPSA) is 43.4 Å². The number of aldehydes is 1. The summed E-state index contributed by atoms with van der Waals surface area (Å²) in [5, 5.41) is 0. The van der Waals surface area contributed by atoms with E-state index in [0.29, 0.717) is 6.29 Å². The highest BCUT2D eigenvalue weighted by Gasteiger charge is 1.85. The first-order valence-corrected chi connectivity index (χ1v) is 1.84. The van der Waals surface area contributed by atoms with Gasteiger partial charge in [0.1, 0.15) is 0 Å². The SMILES string of the molecule is COC(=O)C#CC=O. The first kappa shape index (κ1) is 6.70. The van der Waals surface area contributed by atoms with Gasteiger partial charge in [0.05, 0.1) is 7.11 Å². The van der Waals surface area contributed by atoms with Gasteiger partial charge in [0, 0.05) is 5.92 Å². The average Bonchev–Trinajstić information content (AvgIpc) is 1.83. The van der Waals surface area contributed by atoms with Crippen molar-refractivity contribution in [2.45, 2.75) is 0 Å². The quantitative estimate of drug-likeness (QED) is 0.181. The number of hydrogen-bond acceptors (Lipinski definition) is 3. The zero-order chi connectivity index (χ0) is 6.41. The van der Waals surface area contributed by atoms with Gasteiger partial charge in [-0.3, -0.25) is 4.79 Å². The molecular formula is C5H4O3. The van der Waals surface area contributed by atoms with Crippen molar-refractivity contribution in [2.75, 3.05) is 7.11 Å². The van der Waals surface area contributed by atoms with E-state index >= 15 is 0 Å². The van der Waals surface area contributed by atoms with Gasteiger partial charge < -0.3 is 4.74 Å². The van der Waals surface area contributed by atoms with E-state index in [2.05, 4.69) is 4.74 Å². The summed E-state index contributed by atoms with van der Waals surface area (Å²) in [7, 11) is 1.20. The van der Waals surface area contributed by atoms with E-state index in [-0.39, 0.29) is 0 Å². The lowest BCUT2D eigenvalue weighted by atomic mass is 10.6. The van der Waals surface area contributed by atoms with Gasteiger partial charge in [-0.2, -0.15) is 0 Å². The minimum atomic E-state index is -0.697. The molecule has 0 aromatic rings. The summed E-state index contributed by atoms with van der Waals surface area (Å²) in [5.41, 5.74) is 0. The Bertz CT molecular complexity index is 149. The minimum Gasteiger partial charge on any atom is -0.459 e. The van der Waals surface area contributed by atoms with Crippen LogP contribution in [0.2, 0.25) is 0 Å². The van der Waals surface area contributed by atoms with Crippen molar-refractivity contribution in [2.24, 2.45) is 0 Å². The van der Waals surface area contributed by atoms with Gasteiger partial charge in [-0.15, -0.1) is 0 Å². The molecule has 0 rings (SSSR count). The maximum atomic E-state index is 10.0. The third kappa shape index (κ3) is 2.91. The Kier molecular flexibility index (Phi) is 3.25. The summed E-state index contributed by atoms with van der Waals surface area (Å²) in [4.78, 5) is 19.5. The van der Waals surface area contributed by atoms with E-state index in [9.17, 15) is 9.59 Å². The maximum Gasteiger partial charge on any atom is 0.384 e. The lowest BCUT2D eigenvalue weighted by Crippen LogP contribution is -1.93. The summed E-state index contributed by atoms with van der Waals surface area (Å²) in [6.07, 6.45) is 0.330. The lowest BCUT2D eigenvalue weighted by Gasteiger charge is -1.80. The van der Waals surface area contributed by atoms with Crippen molar-refractivity contribution in [3.63, 3.8) is 0 Å². The molecule has 8 heavy (non-hydrogen) atoms. The molecule has 0 aromatic carbocycles. The summed E-state index contributed by atoms with van der Waals surface area (Å²) < 4.78 is 4.08. The van der Waals surface area contributed by atoms with Crippen LogP contribution >= 0.6 is 0 Å².